The fourth-order valence-corrected chi connectivity index (χ4v) is 4.12. The summed E-state index contributed by atoms with van der Waals surface area (Å²) in [6, 6.07) is 12.9. The summed E-state index contributed by atoms with van der Waals surface area (Å²) in [5.41, 5.74) is 3.45. The molecule has 1 fully saturated rings. The molecule has 2 heterocycles. The van der Waals surface area contributed by atoms with Crippen molar-refractivity contribution in [1.82, 2.24) is 4.98 Å². The van der Waals surface area contributed by atoms with Crippen LogP contribution in [0.15, 0.2) is 48.5 Å². The van der Waals surface area contributed by atoms with Crippen LogP contribution in [0.1, 0.15) is 50.7 Å². The molecule has 1 aliphatic rings. The monoisotopic (exact) mass is 538 g/mol. The summed E-state index contributed by atoms with van der Waals surface area (Å²) in [4.78, 5) is 19.4. The number of nitrogens with one attached hydrogen (secondary N) is 2. The quantitative estimate of drug-likeness (QED) is 0.241. The second kappa shape index (κ2) is 13.8. The van der Waals surface area contributed by atoms with Gasteiger partial charge in [-0.15, -0.1) is 0 Å². The predicted molar refractivity (Wildman–Crippen MR) is 151 cm³/mol. The lowest BCUT2D eigenvalue weighted by molar-refractivity contribution is 0.0519. The van der Waals surface area contributed by atoms with Crippen molar-refractivity contribution in [3.05, 3.63) is 71.4 Å². The van der Waals surface area contributed by atoms with E-state index < -0.39 is 17.6 Å². The Bertz CT molecular complexity index is 1290. The van der Waals surface area contributed by atoms with E-state index in [4.69, 9.17) is 14.9 Å². The van der Waals surface area contributed by atoms with Crippen LogP contribution in [-0.2, 0) is 9.47 Å². The van der Waals surface area contributed by atoms with Crippen LogP contribution >= 0.6 is 0 Å². The van der Waals surface area contributed by atoms with Gasteiger partial charge in [-0.25, -0.2) is 18.6 Å². The van der Waals surface area contributed by atoms with Crippen LogP contribution < -0.4 is 10.2 Å². The molecule has 0 radical (unpaired) electrons. The minimum atomic E-state index is -1.02. The van der Waals surface area contributed by atoms with Crippen molar-refractivity contribution in [3.8, 4) is 11.1 Å². The predicted octanol–water partition coefficient (Wildman–Crippen LogP) is 6.83. The molecule has 4 rings (SSSR count). The topological polar surface area (TPSA) is 87.5 Å². The molecular weight excluding hydrogens is 502 g/mol. The summed E-state index contributed by atoms with van der Waals surface area (Å²) in [6.45, 7) is 12.6. The van der Waals surface area contributed by atoms with Crippen molar-refractivity contribution in [2.45, 2.75) is 34.6 Å². The highest BCUT2D eigenvalue weighted by Gasteiger charge is 2.23. The van der Waals surface area contributed by atoms with E-state index in [1.165, 1.54) is 6.07 Å². The highest BCUT2D eigenvalue weighted by Crippen LogP contribution is 2.34. The van der Waals surface area contributed by atoms with Crippen LogP contribution in [0.3, 0.4) is 0 Å². The summed E-state index contributed by atoms with van der Waals surface area (Å²) in [5.74, 6) is -2.61. The second-order valence-corrected chi connectivity index (χ2v) is 8.97. The van der Waals surface area contributed by atoms with E-state index in [-0.39, 0.29) is 35.4 Å². The molecule has 0 aliphatic carbocycles. The minimum Gasteiger partial charge on any atom is -0.461 e. The number of hydrogen-bond donors (Lipinski definition) is 2. The molecule has 0 spiro atoms. The van der Waals surface area contributed by atoms with Gasteiger partial charge in [-0.2, -0.15) is 0 Å². The normalized spacial score (nSPS) is 13.0. The molecule has 0 bridgehead atoms. The summed E-state index contributed by atoms with van der Waals surface area (Å²) in [6.07, 6.45) is 0. The van der Waals surface area contributed by atoms with Crippen LogP contribution in [0.2, 0.25) is 0 Å². The Balaban J connectivity index is 0.00000205. The van der Waals surface area contributed by atoms with Crippen LogP contribution in [0.5, 0.6) is 0 Å². The minimum absolute atomic E-state index is 0.0412. The van der Waals surface area contributed by atoms with Gasteiger partial charge in [0.25, 0.3) is 0 Å². The SMILES string of the molecule is CC.CCOC(=O)c1cc(-c2ccc(N3CCOCC3)cc2)c(C(=N)C(C)C)c(Nc2ccc(F)c(F)c2)n1. The molecule has 7 nitrogen and oxygen atoms in total. The first kappa shape index (κ1) is 29.7. The van der Waals surface area contributed by atoms with Crippen molar-refractivity contribution < 1.29 is 23.0 Å². The maximum absolute atomic E-state index is 13.9. The fourth-order valence-electron chi connectivity index (χ4n) is 4.12. The van der Waals surface area contributed by atoms with Gasteiger partial charge in [0.05, 0.1) is 19.8 Å². The zero-order valence-corrected chi connectivity index (χ0v) is 23.1. The molecule has 0 saturated carbocycles. The largest absolute Gasteiger partial charge is 0.461 e. The maximum Gasteiger partial charge on any atom is 0.357 e. The number of aromatic nitrogens is 1. The third kappa shape index (κ3) is 7.17. The van der Waals surface area contributed by atoms with Crippen LogP contribution in [0.4, 0.5) is 26.0 Å². The lowest BCUT2D eigenvalue weighted by atomic mass is 9.91. The van der Waals surface area contributed by atoms with Gasteiger partial charge in [-0.05, 0) is 54.3 Å². The zero-order chi connectivity index (χ0) is 28.5. The lowest BCUT2D eigenvalue weighted by Crippen LogP contribution is -2.36. The number of pyridine rings is 1. The first-order valence-corrected chi connectivity index (χ1v) is 13.2. The number of rotatable bonds is 8. The standard InChI is InChI=1S/C28H30F2N4O3.C2H6/c1-4-37-28(35)24-16-21(18-5-8-20(9-6-18)34-11-13-36-14-12-34)25(26(31)17(2)3)27(33-24)32-19-7-10-22(29)23(30)15-19;1-2/h5-10,15-17,31H,4,11-14H2,1-3H3,(H,32,33);1-2H3. The van der Waals surface area contributed by atoms with E-state index in [2.05, 4.69) is 15.2 Å². The number of carbonyl (C=O) groups excluding carboxylic acids is 1. The van der Waals surface area contributed by atoms with Gasteiger partial charge in [0.15, 0.2) is 17.3 Å². The number of anilines is 3. The molecule has 208 valence electrons. The Labute approximate surface area is 228 Å². The molecule has 0 amide bonds. The summed E-state index contributed by atoms with van der Waals surface area (Å²) in [7, 11) is 0. The molecule has 1 saturated heterocycles. The Morgan fingerprint density at radius 3 is 2.33 bits per heavy atom. The van der Waals surface area contributed by atoms with Crippen LogP contribution in [0, 0.1) is 23.0 Å². The molecule has 2 aromatic carbocycles. The number of hydrogen-bond acceptors (Lipinski definition) is 7. The number of ether oxygens (including phenoxy) is 2. The Morgan fingerprint density at radius 2 is 1.74 bits per heavy atom. The van der Waals surface area contributed by atoms with E-state index in [1.807, 2.05) is 52.0 Å². The van der Waals surface area contributed by atoms with Gasteiger partial charge in [0.2, 0.25) is 0 Å². The van der Waals surface area contributed by atoms with Gasteiger partial charge >= 0.3 is 5.97 Å². The molecule has 1 aromatic heterocycles. The van der Waals surface area contributed by atoms with E-state index in [0.29, 0.717) is 24.3 Å². The molecule has 3 aromatic rings. The first-order valence-electron chi connectivity index (χ1n) is 13.2. The number of halogens is 2. The second-order valence-electron chi connectivity index (χ2n) is 8.97. The third-order valence-corrected chi connectivity index (χ3v) is 6.09. The van der Waals surface area contributed by atoms with Gasteiger partial charge in [-0.1, -0.05) is 39.8 Å². The Kier molecular flexibility index (Phi) is 10.5. The summed E-state index contributed by atoms with van der Waals surface area (Å²) < 4.78 is 38.1. The molecule has 2 N–H and O–H groups in total. The summed E-state index contributed by atoms with van der Waals surface area (Å²) >= 11 is 0. The van der Waals surface area contributed by atoms with Crippen molar-refractivity contribution in [3.63, 3.8) is 0 Å². The van der Waals surface area contributed by atoms with E-state index in [0.717, 1.165) is 36.5 Å². The average molecular weight is 539 g/mol. The average Bonchev–Trinajstić information content (AvgIpc) is 2.96. The smallest absolute Gasteiger partial charge is 0.357 e. The summed E-state index contributed by atoms with van der Waals surface area (Å²) in [5, 5.41) is 11.9. The third-order valence-electron chi connectivity index (χ3n) is 6.09. The molecular formula is C30H36F2N4O3. The molecule has 0 atom stereocenters. The highest BCUT2D eigenvalue weighted by atomic mass is 19.2. The fraction of sp³-hybridized carbons (Fsp3) is 0.367. The molecule has 1 aliphatic heterocycles. The lowest BCUT2D eigenvalue weighted by Gasteiger charge is -2.29. The molecule has 0 unspecified atom stereocenters. The van der Waals surface area contributed by atoms with E-state index >= 15 is 0 Å². The molecule has 9 heteroatoms. The number of carbonyl (C=O) groups is 1. The van der Waals surface area contributed by atoms with Gasteiger partial charge in [-0.3, -0.25) is 0 Å². The number of morpholine rings is 1. The van der Waals surface area contributed by atoms with Crippen molar-refractivity contribution in [1.29, 1.82) is 5.41 Å². The maximum atomic E-state index is 13.9. The van der Waals surface area contributed by atoms with E-state index in [9.17, 15) is 13.6 Å². The zero-order valence-electron chi connectivity index (χ0n) is 23.1. The first-order chi connectivity index (χ1) is 18.8. The van der Waals surface area contributed by atoms with Crippen LogP contribution in [-0.4, -0.2) is 49.6 Å². The van der Waals surface area contributed by atoms with Crippen molar-refractivity contribution in [2.24, 2.45) is 5.92 Å². The number of benzene rings is 2. The van der Waals surface area contributed by atoms with Gasteiger partial charge in [0, 0.05) is 41.8 Å². The number of nitrogens with zero attached hydrogens (tertiary/aromatic N) is 2. The Morgan fingerprint density at radius 1 is 1.08 bits per heavy atom. The van der Waals surface area contributed by atoms with Gasteiger partial charge in [0.1, 0.15) is 5.82 Å². The Hall–Kier alpha value is -3.85. The van der Waals surface area contributed by atoms with Crippen molar-refractivity contribution >= 4 is 28.9 Å². The van der Waals surface area contributed by atoms with E-state index in [1.54, 1.807) is 13.0 Å². The number of esters is 1. The highest BCUT2D eigenvalue weighted by molar-refractivity contribution is 6.10. The van der Waals surface area contributed by atoms with Crippen LogP contribution in [0.25, 0.3) is 11.1 Å². The van der Waals surface area contributed by atoms with Gasteiger partial charge < -0.3 is 25.1 Å². The molecule has 39 heavy (non-hydrogen) atoms. The van der Waals surface area contributed by atoms with Crippen molar-refractivity contribution in [2.75, 3.05) is 43.1 Å².